The van der Waals surface area contributed by atoms with Crippen LogP contribution in [-0.2, 0) is 33.4 Å². The van der Waals surface area contributed by atoms with Gasteiger partial charge in [0.05, 0.1) is 49.5 Å². The molecule has 6 rings (SSSR count). The minimum absolute atomic E-state index is 0. The van der Waals surface area contributed by atoms with E-state index in [1.807, 2.05) is 0 Å². The van der Waals surface area contributed by atoms with E-state index in [9.17, 15) is 62.3 Å². The average Bonchev–Trinajstić information content (AvgIpc) is 3.39. The van der Waals surface area contributed by atoms with E-state index < -0.39 is 95.1 Å². The van der Waals surface area contributed by atoms with E-state index in [1.165, 1.54) is 74.9 Å². The molecule has 0 aliphatic heterocycles. The lowest BCUT2D eigenvalue weighted by Gasteiger charge is -2.32. The van der Waals surface area contributed by atoms with Crippen molar-refractivity contribution in [3.63, 3.8) is 0 Å². The Bertz CT molecular complexity index is 3060. The first-order valence-corrected chi connectivity index (χ1v) is 22.8. The number of methoxy groups -OCH3 is 2. The number of nitrogens with zero attached hydrogens (tertiary/aromatic N) is 1. The van der Waals surface area contributed by atoms with Gasteiger partial charge in [0.2, 0.25) is 0 Å². The van der Waals surface area contributed by atoms with Gasteiger partial charge >= 0.3 is 37.0 Å². The van der Waals surface area contributed by atoms with Crippen LogP contribution in [0.15, 0.2) is 121 Å². The quantitative estimate of drug-likeness (QED) is 0.0453. The van der Waals surface area contributed by atoms with Crippen LogP contribution in [0.2, 0.25) is 0 Å². The van der Waals surface area contributed by atoms with Gasteiger partial charge in [-0.15, -0.1) is 0 Å². The molecule has 0 saturated heterocycles. The number of hydrogen-bond acceptors (Lipinski definition) is 9. The summed E-state index contributed by atoms with van der Waals surface area (Å²) in [5.41, 5.74) is 4.51. The maximum Gasteiger partial charge on any atom is 0.461 e. The molecule has 426 valence electrons. The van der Waals surface area contributed by atoms with Crippen LogP contribution in [0.25, 0.3) is 4.85 Å². The molecule has 0 radical (unpaired) electrons. The minimum atomic E-state index is -4.93. The van der Waals surface area contributed by atoms with Crippen molar-refractivity contribution in [2.24, 2.45) is 5.73 Å². The van der Waals surface area contributed by atoms with Crippen molar-refractivity contribution < 1.29 is 90.7 Å². The third-order valence-electron chi connectivity index (χ3n) is 11.2. The van der Waals surface area contributed by atoms with Gasteiger partial charge in [-0.2, -0.15) is 35.1 Å². The first kappa shape index (κ1) is 65.4. The molecule has 6 aromatic carbocycles. The first-order valence-electron chi connectivity index (χ1n) is 22.8. The number of halogens is 12. The fourth-order valence-corrected chi connectivity index (χ4v) is 7.65. The summed E-state index contributed by atoms with van der Waals surface area (Å²) in [7, 11) is 2.42. The van der Waals surface area contributed by atoms with Gasteiger partial charge in [0.15, 0.2) is 23.1 Å². The topological polar surface area (TPSA) is 120 Å². The van der Waals surface area contributed by atoms with Gasteiger partial charge in [-0.3, -0.25) is 4.85 Å². The van der Waals surface area contributed by atoms with Crippen LogP contribution in [-0.4, -0.2) is 63.4 Å². The van der Waals surface area contributed by atoms with Gasteiger partial charge in [-0.05, 0) is 135 Å². The Kier molecular flexibility index (Phi) is 22.4. The second kappa shape index (κ2) is 27.1. The third kappa shape index (κ3) is 16.3. The summed E-state index contributed by atoms with van der Waals surface area (Å²) < 4.78 is 192. The normalized spacial score (nSPS) is 12.9. The number of nitrogens with two attached hydrogens (primary N) is 1. The van der Waals surface area contributed by atoms with E-state index in [0.29, 0.717) is 23.3 Å². The van der Waals surface area contributed by atoms with Crippen molar-refractivity contribution in [1.29, 1.82) is 0 Å². The predicted molar refractivity (Wildman–Crippen MR) is 269 cm³/mol. The Morgan fingerprint density at radius 1 is 0.532 bits per heavy atom. The van der Waals surface area contributed by atoms with E-state index in [4.69, 9.17) is 21.8 Å². The van der Waals surface area contributed by atoms with Crippen LogP contribution < -0.4 is 24.7 Å². The number of alkyl halides is 8. The molecule has 0 amide bonds. The van der Waals surface area contributed by atoms with Crippen LogP contribution >= 0.6 is 0 Å². The van der Waals surface area contributed by atoms with E-state index in [1.54, 1.807) is 39.8 Å². The molecule has 2 N–H and O–H groups in total. The van der Waals surface area contributed by atoms with Crippen LogP contribution in [0, 0.1) is 29.8 Å². The summed E-state index contributed by atoms with van der Waals surface area (Å²) in [5, 5.41) is 0. The minimum Gasteiger partial charge on any atom is -0.488 e. The Morgan fingerprint density at radius 2 is 0.911 bits per heavy atom. The van der Waals surface area contributed by atoms with E-state index in [0.717, 1.165) is 36.4 Å². The summed E-state index contributed by atoms with van der Waals surface area (Å²) in [4.78, 5) is 27.3. The Morgan fingerprint density at radius 3 is 1.30 bits per heavy atom. The third-order valence-corrected chi connectivity index (χ3v) is 11.2. The molecule has 0 bridgehead atoms. The molecule has 0 heterocycles. The molecule has 0 aromatic heterocycles. The van der Waals surface area contributed by atoms with Crippen LogP contribution in [0.5, 0.6) is 23.0 Å². The molecule has 0 fully saturated rings. The summed E-state index contributed by atoms with van der Waals surface area (Å²) in [6.45, 7) is 14.8. The molecule has 2 atom stereocenters. The second-order valence-electron chi connectivity index (χ2n) is 17.6. The molecule has 0 spiro atoms. The smallest absolute Gasteiger partial charge is 0.461 e. The lowest BCUT2D eigenvalue weighted by atomic mass is 9.78. The molecular weight excluding hydrogens is 1070 g/mol. The van der Waals surface area contributed by atoms with Crippen molar-refractivity contribution in [2.45, 2.75) is 104 Å². The second-order valence-corrected chi connectivity index (χ2v) is 17.6. The highest BCUT2D eigenvalue weighted by Gasteiger charge is 2.47. The molecule has 0 saturated carbocycles. The van der Waals surface area contributed by atoms with Crippen molar-refractivity contribution in [2.75, 3.05) is 14.2 Å². The number of carbonyl (C=O) groups is 2. The summed E-state index contributed by atoms with van der Waals surface area (Å²) in [5.74, 6) is -7.07. The van der Waals surface area contributed by atoms with Crippen LogP contribution in [0.3, 0.4) is 0 Å². The maximum absolute atomic E-state index is 14.7. The van der Waals surface area contributed by atoms with Gasteiger partial charge < -0.3 is 34.2 Å². The summed E-state index contributed by atoms with van der Waals surface area (Å²) >= 11 is 0. The van der Waals surface area contributed by atoms with Crippen molar-refractivity contribution in [3.8, 4) is 23.0 Å². The largest absolute Gasteiger partial charge is 0.488 e. The van der Waals surface area contributed by atoms with Crippen LogP contribution in [0.1, 0.15) is 96.6 Å². The Hall–Kier alpha value is -7.93. The number of benzene rings is 6. The predicted octanol–water partition coefficient (Wildman–Crippen LogP) is 14.7. The SMILES string of the molecule is C.C.COC(=O)c1ccc(C[C@](N)(c2cc(F)cc(OC(F)(F)C(F)F)c2)c2ccc(F)c(OC(C)C)c2)cc1.[C-]#[N+][C@@](Cc1ccc(C(=O)OC)cc1)(c1cc(F)cc(OC(F)(F)C(F)F)c1)c1ccc(F)c(OC(C)C)c1. The van der Waals surface area contributed by atoms with Gasteiger partial charge in [0, 0.05) is 23.3 Å². The van der Waals surface area contributed by atoms with Crippen molar-refractivity contribution >= 4 is 11.9 Å². The van der Waals surface area contributed by atoms with E-state index >= 15 is 0 Å². The monoisotopic (exact) mass is 1120 g/mol. The highest BCUT2D eigenvalue weighted by molar-refractivity contribution is 5.89. The zero-order chi connectivity index (χ0) is 57.2. The lowest BCUT2D eigenvalue weighted by molar-refractivity contribution is -0.253. The van der Waals surface area contributed by atoms with Gasteiger partial charge in [0.1, 0.15) is 23.1 Å². The van der Waals surface area contributed by atoms with Gasteiger partial charge in [-0.1, -0.05) is 45.2 Å². The fourth-order valence-electron chi connectivity index (χ4n) is 7.65. The highest BCUT2D eigenvalue weighted by atomic mass is 19.3. The molecule has 79 heavy (non-hydrogen) atoms. The van der Waals surface area contributed by atoms with Crippen molar-refractivity contribution in [1.82, 2.24) is 0 Å². The molecule has 0 unspecified atom stereocenters. The first-order chi connectivity index (χ1) is 36.1. The molecule has 0 aliphatic carbocycles. The van der Waals surface area contributed by atoms with Gasteiger partial charge in [-0.25, -0.2) is 33.7 Å². The van der Waals surface area contributed by atoms with Gasteiger partial charge in [0.25, 0.3) is 5.54 Å². The number of rotatable bonds is 20. The maximum atomic E-state index is 14.7. The highest BCUT2D eigenvalue weighted by Crippen LogP contribution is 2.43. The van der Waals surface area contributed by atoms with Crippen molar-refractivity contribution in [3.05, 3.63) is 201 Å². The number of esters is 2. The molecule has 22 heteroatoms. The van der Waals surface area contributed by atoms with E-state index in [2.05, 4.69) is 23.8 Å². The number of carbonyl (C=O) groups excluding carboxylic acids is 2. The number of ether oxygens (including phenoxy) is 6. The zero-order valence-corrected chi connectivity index (χ0v) is 41.6. The molecule has 10 nitrogen and oxygen atoms in total. The molecule has 0 aliphatic rings. The van der Waals surface area contributed by atoms with Crippen LogP contribution in [0.4, 0.5) is 52.7 Å². The zero-order valence-electron chi connectivity index (χ0n) is 41.6. The lowest BCUT2D eigenvalue weighted by Crippen LogP contribution is -2.41. The Balaban J connectivity index is 0.000000405. The number of hydrogen-bond donors (Lipinski definition) is 1. The summed E-state index contributed by atoms with van der Waals surface area (Å²) in [6, 6.07) is 23.7. The van der Waals surface area contributed by atoms with E-state index in [-0.39, 0.29) is 72.6 Å². The average molecular weight is 1130 g/mol. The standard InChI is InChI=1S/C28H23F6NO4.C27H25F6NO4.2CH4/c1-16(2)38-24-13-19(9-10-23(24)30)27(35-3,15-17-5-7-18(8-6-17)25(36)37-4)20-11-21(29)14-22(12-20)39-28(33,34)26(31)32;1-15(2)37-23-12-18(8-9-22(23)29)26(34,14-16-4-6-17(7-5-16)24(35)36-3)19-10-20(28)13-21(11-19)38-27(32,33)25(30)31;;/h5-14,16,26H,15H2,1-2,4H3;4-13,15,25H,14,34H2,1-3H3;2*1H4/t27-;26-;;/m11../s1. The Labute approximate surface area is 448 Å². The summed E-state index contributed by atoms with van der Waals surface area (Å²) in [6.07, 6.45) is -19.4. The molecular formula is C57H56F12N2O8. The molecule has 6 aromatic rings. The fraction of sp³-hybridized carbons (Fsp3) is 0.316.